The molecule has 0 spiro atoms. The molecule has 9 heteroatoms. The first-order chi connectivity index (χ1) is 12.3. The van der Waals surface area contributed by atoms with Gasteiger partial charge >= 0.3 is 0 Å². The molecule has 1 aromatic heterocycles. The molecule has 0 aliphatic carbocycles. The lowest BCUT2D eigenvalue weighted by molar-refractivity contribution is -0.133. The van der Waals surface area contributed by atoms with Crippen molar-refractivity contribution in [3.05, 3.63) is 18.0 Å². The van der Waals surface area contributed by atoms with E-state index in [1.807, 2.05) is 29.2 Å². The average Bonchev–Trinajstić information content (AvgIpc) is 3.15. The van der Waals surface area contributed by atoms with E-state index in [4.69, 9.17) is 10.5 Å². The zero-order valence-electron chi connectivity index (χ0n) is 16.6. The van der Waals surface area contributed by atoms with E-state index in [0.29, 0.717) is 32.1 Å². The molecule has 2 aliphatic heterocycles. The molecule has 0 unspecified atom stereocenters. The van der Waals surface area contributed by atoms with Gasteiger partial charge in [0, 0.05) is 56.3 Å². The van der Waals surface area contributed by atoms with Crippen molar-refractivity contribution < 1.29 is 9.53 Å². The van der Waals surface area contributed by atoms with Gasteiger partial charge in [0.05, 0.1) is 25.5 Å². The number of amides is 1. The zero-order chi connectivity index (χ0) is 18.9. The number of halogens is 1. The van der Waals surface area contributed by atoms with Gasteiger partial charge in [-0.05, 0) is 20.8 Å². The summed E-state index contributed by atoms with van der Waals surface area (Å²) in [5.74, 6) is 0.793. The third-order valence-corrected chi connectivity index (χ3v) is 5.04. The van der Waals surface area contributed by atoms with Crippen LogP contribution in [0.25, 0.3) is 0 Å². The minimum atomic E-state index is -0.258. The monoisotopic (exact) mass is 490 g/mol. The summed E-state index contributed by atoms with van der Waals surface area (Å²) in [6.07, 6.45) is 4.32. The summed E-state index contributed by atoms with van der Waals surface area (Å²) in [5.41, 5.74) is 6.97. The number of nitrogens with zero attached hydrogens (tertiary/aromatic N) is 5. The maximum atomic E-state index is 12.8. The van der Waals surface area contributed by atoms with Crippen molar-refractivity contribution in [2.24, 2.45) is 23.7 Å². The van der Waals surface area contributed by atoms with Crippen LogP contribution in [0.15, 0.2) is 17.4 Å². The summed E-state index contributed by atoms with van der Waals surface area (Å²) in [6.45, 7) is 9.62. The van der Waals surface area contributed by atoms with E-state index in [9.17, 15) is 4.79 Å². The highest BCUT2D eigenvalue weighted by molar-refractivity contribution is 14.0. The molecule has 1 amide bonds. The maximum Gasteiger partial charge on any atom is 0.223 e. The van der Waals surface area contributed by atoms with E-state index in [0.717, 1.165) is 18.7 Å². The zero-order valence-corrected chi connectivity index (χ0v) is 18.9. The number of aliphatic imine (C=N–C) groups is 1. The van der Waals surface area contributed by atoms with Crippen molar-refractivity contribution in [1.29, 1.82) is 0 Å². The number of carbonyl (C=O) groups excluding carboxylic acids is 1. The van der Waals surface area contributed by atoms with Crippen molar-refractivity contribution in [3.8, 4) is 0 Å². The molecule has 0 radical (unpaired) electrons. The van der Waals surface area contributed by atoms with Gasteiger partial charge in [0.2, 0.25) is 5.91 Å². The Morgan fingerprint density at radius 3 is 2.59 bits per heavy atom. The second-order valence-electron chi connectivity index (χ2n) is 8.09. The van der Waals surface area contributed by atoms with Gasteiger partial charge in [0.25, 0.3) is 0 Å². The molecule has 2 N–H and O–H groups in total. The number of hydrogen-bond acceptors (Lipinski definition) is 4. The van der Waals surface area contributed by atoms with Crippen LogP contribution in [0.4, 0.5) is 0 Å². The standard InChI is InChI=1S/C18H30N6O2.HI/c1-18(2,3)24-15(25)9-13(16(24)14-11-21-22(4)12-14)10-20-17(19)23-5-7-26-8-6-23;/h11-13,16H,5-10H2,1-4H3,(H2,19,20);1H/t13-,16+;/m0./s1. The molecule has 8 nitrogen and oxygen atoms in total. The van der Waals surface area contributed by atoms with E-state index in [1.54, 1.807) is 4.68 Å². The summed E-state index contributed by atoms with van der Waals surface area (Å²) in [6, 6.07) is -0.0301. The highest BCUT2D eigenvalue weighted by Gasteiger charge is 2.45. The first-order valence-corrected chi connectivity index (χ1v) is 9.20. The summed E-state index contributed by atoms with van der Waals surface area (Å²) >= 11 is 0. The van der Waals surface area contributed by atoms with Gasteiger partial charge in [0.15, 0.2) is 5.96 Å². The Labute approximate surface area is 178 Å². The molecular weight excluding hydrogens is 459 g/mol. The molecule has 2 saturated heterocycles. The number of nitrogens with two attached hydrogens (primary N) is 1. The van der Waals surface area contributed by atoms with Crippen LogP contribution >= 0.6 is 24.0 Å². The van der Waals surface area contributed by atoms with E-state index in [-0.39, 0.29) is 47.4 Å². The largest absolute Gasteiger partial charge is 0.378 e. The lowest BCUT2D eigenvalue weighted by Gasteiger charge is -2.38. The molecule has 2 fully saturated rings. The molecule has 27 heavy (non-hydrogen) atoms. The fourth-order valence-corrected chi connectivity index (χ4v) is 3.87. The summed E-state index contributed by atoms with van der Waals surface area (Å²) < 4.78 is 7.14. The molecule has 2 aliphatic rings. The Morgan fingerprint density at radius 1 is 1.37 bits per heavy atom. The number of hydrogen-bond donors (Lipinski definition) is 1. The van der Waals surface area contributed by atoms with Crippen LogP contribution in [-0.2, 0) is 16.6 Å². The first kappa shape index (κ1) is 21.9. The van der Waals surface area contributed by atoms with Crippen molar-refractivity contribution in [2.45, 2.75) is 38.8 Å². The van der Waals surface area contributed by atoms with Gasteiger partial charge in [-0.3, -0.25) is 14.5 Å². The summed E-state index contributed by atoms with van der Waals surface area (Å²) in [7, 11) is 1.89. The molecule has 3 heterocycles. The predicted molar refractivity (Wildman–Crippen MR) is 115 cm³/mol. The van der Waals surface area contributed by atoms with Gasteiger partial charge in [0.1, 0.15) is 0 Å². The lowest BCUT2D eigenvalue weighted by atomic mass is 9.93. The third-order valence-electron chi connectivity index (χ3n) is 5.04. The van der Waals surface area contributed by atoms with Crippen molar-refractivity contribution in [3.63, 3.8) is 0 Å². The maximum absolute atomic E-state index is 12.8. The number of aromatic nitrogens is 2. The van der Waals surface area contributed by atoms with Crippen molar-refractivity contribution >= 4 is 35.8 Å². The molecular formula is C18H31IN6O2. The van der Waals surface area contributed by atoms with Gasteiger partial charge in [-0.1, -0.05) is 0 Å². The Kier molecular flexibility index (Phi) is 7.12. The van der Waals surface area contributed by atoms with Crippen molar-refractivity contribution in [1.82, 2.24) is 19.6 Å². The predicted octanol–water partition coefficient (Wildman–Crippen LogP) is 1.37. The van der Waals surface area contributed by atoms with Crippen LogP contribution in [0.2, 0.25) is 0 Å². The molecule has 3 rings (SSSR count). The smallest absolute Gasteiger partial charge is 0.223 e. The Hall–Kier alpha value is -1.36. The average molecular weight is 490 g/mol. The van der Waals surface area contributed by atoms with E-state index < -0.39 is 0 Å². The van der Waals surface area contributed by atoms with Crippen LogP contribution in [0.5, 0.6) is 0 Å². The van der Waals surface area contributed by atoms with Crippen LogP contribution in [-0.4, -0.2) is 69.8 Å². The van der Waals surface area contributed by atoms with Gasteiger partial charge < -0.3 is 20.3 Å². The van der Waals surface area contributed by atoms with Crippen LogP contribution in [0, 0.1) is 5.92 Å². The first-order valence-electron chi connectivity index (χ1n) is 9.20. The van der Waals surface area contributed by atoms with Gasteiger partial charge in [-0.2, -0.15) is 5.10 Å². The minimum absolute atomic E-state index is 0. The highest BCUT2D eigenvalue weighted by Crippen LogP contribution is 2.42. The van der Waals surface area contributed by atoms with E-state index >= 15 is 0 Å². The number of aryl methyl sites for hydroxylation is 1. The lowest BCUT2D eigenvalue weighted by Crippen LogP contribution is -2.45. The number of carbonyl (C=O) groups is 1. The fraction of sp³-hybridized carbons (Fsp3) is 0.722. The van der Waals surface area contributed by atoms with Crippen LogP contribution in [0.3, 0.4) is 0 Å². The number of ether oxygens (including phenoxy) is 1. The molecule has 2 atom stereocenters. The van der Waals surface area contributed by atoms with E-state index in [2.05, 4.69) is 30.9 Å². The fourth-order valence-electron chi connectivity index (χ4n) is 3.87. The SMILES string of the molecule is Cn1cc([C@H]2[C@H](CN=C(N)N3CCOCC3)CC(=O)N2C(C)(C)C)cn1.I. The van der Waals surface area contributed by atoms with Gasteiger partial charge in [-0.25, -0.2) is 0 Å². The molecule has 1 aromatic rings. The molecule has 152 valence electrons. The Morgan fingerprint density at radius 2 is 2.04 bits per heavy atom. The Balaban J connectivity index is 0.00000261. The number of likely N-dealkylation sites (tertiary alicyclic amines) is 1. The van der Waals surface area contributed by atoms with Gasteiger partial charge in [-0.15, -0.1) is 24.0 Å². The van der Waals surface area contributed by atoms with Crippen LogP contribution < -0.4 is 5.73 Å². The quantitative estimate of drug-likeness (QED) is 0.393. The van der Waals surface area contributed by atoms with Crippen LogP contribution in [0.1, 0.15) is 38.8 Å². The number of rotatable bonds is 3. The third kappa shape index (κ3) is 4.92. The minimum Gasteiger partial charge on any atom is -0.378 e. The number of morpholine rings is 1. The summed E-state index contributed by atoms with van der Waals surface area (Å²) in [5, 5.41) is 4.30. The highest BCUT2D eigenvalue weighted by atomic mass is 127. The second-order valence-corrected chi connectivity index (χ2v) is 8.09. The normalized spacial score (nSPS) is 24.3. The summed E-state index contributed by atoms with van der Waals surface area (Å²) in [4.78, 5) is 21.4. The van der Waals surface area contributed by atoms with E-state index in [1.165, 1.54) is 0 Å². The number of guanidine groups is 1. The topological polar surface area (TPSA) is 89.0 Å². The van der Waals surface area contributed by atoms with Crippen molar-refractivity contribution in [2.75, 3.05) is 32.8 Å². The second kappa shape index (κ2) is 8.76. The molecule has 0 saturated carbocycles. The Bertz CT molecular complexity index is 678. The molecule has 0 aromatic carbocycles. The molecule has 0 bridgehead atoms.